The SMILES string of the molecule is CC(C)CN(CCC(=O)O)C(=O)CCc1ncc(-c2ccccc2)o1. The van der Waals surface area contributed by atoms with Crippen LogP contribution in [0.25, 0.3) is 11.3 Å². The quantitative estimate of drug-likeness (QED) is 0.755. The third-order valence-corrected chi connectivity index (χ3v) is 3.70. The standard InChI is InChI=1S/C19H24N2O4/c1-14(2)13-21(11-10-19(23)24)18(22)9-8-17-20-12-16(25-17)15-6-4-3-5-7-15/h3-7,12,14H,8-11,13H2,1-2H3,(H,23,24). The highest BCUT2D eigenvalue weighted by atomic mass is 16.4. The molecular formula is C19H24N2O4. The van der Waals surface area contributed by atoms with Crippen molar-refractivity contribution in [2.24, 2.45) is 5.92 Å². The van der Waals surface area contributed by atoms with Crippen molar-refractivity contribution in [1.82, 2.24) is 9.88 Å². The minimum Gasteiger partial charge on any atom is -0.481 e. The Balaban J connectivity index is 1.93. The number of rotatable bonds is 9. The largest absolute Gasteiger partial charge is 0.481 e. The lowest BCUT2D eigenvalue weighted by Crippen LogP contribution is -2.36. The number of carbonyl (C=O) groups is 2. The van der Waals surface area contributed by atoms with Crippen LogP contribution in [-0.2, 0) is 16.0 Å². The normalized spacial score (nSPS) is 10.8. The molecule has 2 aromatic rings. The van der Waals surface area contributed by atoms with Crippen LogP contribution in [0.3, 0.4) is 0 Å². The van der Waals surface area contributed by atoms with E-state index in [0.29, 0.717) is 24.6 Å². The van der Waals surface area contributed by atoms with E-state index in [1.807, 2.05) is 44.2 Å². The number of hydrogen-bond donors (Lipinski definition) is 1. The van der Waals surface area contributed by atoms with Crippen LogP contribution in [0, 0.1) is 5.92 Å². The van der Waals surface area contributed by atoms with Crippen molar-refractivity contribution in [2.75, 3.05) is 13.1 Å². The van der Waals surface area contributed by atoms with Crippen molar-refractivity contribution < 1.29 is 19.1 Å². The van der Waals surface area contributed by atoms with E-state index in [2.05, 4.69) is 4.98 Å². The van der Waals surface area contributed by atoms with E-state index >= 15 is 0 Å². The molecule has 1 aromatic carbocycles. The molecule has 6 nitrogen and oxygen atoms in total. The molecule has 0 bridgehead atoms. The maximum Gasteiger partial charge on any atom is 0.305 e. The minimum absolute atomic E-state index is 0.0460. The smallest absolute Gasteiger partial charge is 0.305 e. The zero-order valence-corrected chi connectivity index (χ0v) is 14.6. The van der Waals surface area contributed by atoms with Crippen LogP contribution < -0.4 is 0 Å². The number of amides is 1. The summed E-state index contributed by atoms with van der Waals surface area (Å²) in [7, 11) is 0. The molecule has 0 unspecified atom stereocenters. The number of hydrogen-bond acceptors (Lipinski definition) is 4. The third kappa shape index (κ3) is 6.06. The van der Waals surface area contributed by atoms with Crippen LogP contribution in [0.4, 0.5) is 0 Å². The van der Waals surface area contributed by atoms with Crippen LogP contribution in [0.2, 0.25) is 0 Å². The fraction of sp³-hybridized carbons (Fsp3) is 0.421. The van der Waals surface area contributed by atoms with Crippen LogP contribution in [0.5, 0.6) is 0 Å². The summed E-state index contributed by atoms with van der Waals surface area (Å²) in [6, 6.07) is 9.65. The molecule has 0 atom stereocenters. The van der Waals surface area contributed by atoms with Gasteiger partial charge in [0.25, 0.3) is 0 Å². The van der Waals surface area contributed by atoms with Crippen LogP contribution in [-0.4, -0.2) is 40.0 Å². The number of carbonyl (C=O) groups excluding carboxylic acids is 1. The topological polar surface area (TPSA) is 83.6 Å². The van der Waals surface area contributed by atoms with Crippen molar-refractivity contribution in [3.05, 3.63) is 42.4 Å². The maximum atomic E-state index is 12.4. The van der Waals surface area contributed by atoms with Gasteiger partial charge in [0.2, 0.25) is 5.91 Å². The minimum atomic E-state index is -0.901. The second-order valence-corrected chi connectivity index (χ2v) is 6.36. The van der Waals surface area contributed by atoms with Crippen LogP contribution in [0.15, 0.2) is 40.9 Å². The number of aryl methyl sites for hydroxylation is 1. The first-order chi connectivity index (χ1) is 12.0. The zero-order chi connectivity index (χ0) is 18.2. The van der Waals surface area contributed by atoms with Crippen molar-refractivity contribution in [2.45, 2.75) is 33.1 Å². The van der Waals surface area contributed by atoms with Gasteiger partial charge in [-0.05, 0) is 5.92 Å². The molecule has 0 spiro atoms. The van der Waals surface area contributed by atoms with Gasteiger partial charge in [-0.25, -0.2) is 4.98 Å². The zero-order valence-electron chi connectivity index (χ0n) is 14.6. The van der Waals surface area contributed by atoms with E-state index in [0.717, 1.165) is 5.56 Å². The van der Waals surface area contributed by atoms with E-state index in [1.54, 1.807) is 11.1 Å². The monoisotopic (exact) mass is 344 g/mol. The summed E-state index contributed by atoms with van der Waals surface area (Å²) in [6.45, 7) is 4.78. The van der Waals surface area contributed by atoms with E-state index < -0.39 is 5.97 Å². The molecule has 134 valence electrons. The van der Waals surface area contributed by atoms with Gasteiger partial charge in [0.1, 0.15) is 0 Å². The van der Waals surface area contributed by atoms with Gasteiger partial charge in [0.05, 0.1) is 12.6 Å². The lowest BCUT2D eigenvalue weighted by atomic mass is 10.1. The summed E-state index contributed by atoms with van der Waals surface area (Å²) in [4.78, 5) is 29.0. The average Bonchev–Trinajstić information content (AvgIpc) is 3.06. The van der Waals surface area contributed by atoms with Gasteiger partial charge in [0, 0.05) is 31.5 Å². The third-order valence-electron chi connectivity index (χ3n) is 3.70. The first-order valence-corrected chi connectivity index (χ1v) is 8.45. The molecule has 1 heterocycles. The number of oxazole rings is 1. The fourth-order valence-corrected chi connectivity index (χ4v) is 2.52. The molecule has 0 aliphatic rings. The summed E-state index contributed by atoms with van der Waals surface area (Å²) in [6.07, 6.45) is 2.26. The fourth-order valence-electron chi connectivity index (χ4n) is 2.52. The van der Waals surface area contributed by atoms with Crippen molar-refractivity contribution in [3.63, 3.8) is 0 Å². The Morgan fingerprint density at radius 1 is 1.20 bits per heavy atom. The number of benzene rings is 1. The Hall–Kier alpha value is -2.63. The predicted molar refractivity (Wildman–Crippen MR) is 93.9 cm³/mol. The van der Waals surface area contributed by atoms with Gasteiger partial charge in [-0.2, -0.15) is 0 Å². The molecule has 0 aliphatic heterocycles. The highest BCUT2D eigenvalue weighted by Gasteiger charge is 2.17. The molecule has 0 aliphatic carbocycles. The molecule has 1 N–H and O–H groups in total. The predicted octanol–water partition coefficient (Wildman–Crippen LogP) is 3.23. The molecule has 6 heteroatoms. The second kappa shape index (κ2) is 9.01. The number of carboxylic acids is 1. The molecule has 0 fully saturated rings. The Morgan fingerprint density at radius 3 is 2.56 bits per heavy atom. The lowest BCUT2D eigenvalue weighted by Gasteiger charge is -2.23. The Labute approximate surface area is 147 Å². The van der Waals surface area contributed by atoms with Gasteiger partial charge in [-0.15, -0.1) is 0 Å². The summed E-state index contributed by atoms with van der Waals surface area (Å²) < 4.78 is 5.70. The number of nitrogens with zero attached hydrogens (tertiary/aromatic N) is 2. The van der Waals surface area contributed by atoms with Crippen LogP contribution in [0.1, 0.15) is 32.6 Å². The van der Waals surface area contributed by atoms with Gasteiger partial charge in [-0.1, -0.05) is 44.2 Å². The molecular weight excluding hydrogens is 320 g/mol. The molecule has 1 amide bonds. The summed E-state index contributed by atoms with van der Waals surface area (Å²) in [5.41, 5.74) is 0.940. The van der Waals surface area contributed by atoms with Crippen LogP contribution >= 0.6 is 0 Å². The van der Waals surface area contributed by atoms with E-state index in [1.165, 1.54) is 0 Å². The summed E-state index contributed by atoms with van der Waals surface area (Å²) >= 11 is 0. The number of aliphatic carboxylic acids is 1. The average molecular weight is 344 g/mol. The van der Waals surface area contributed by atoms with E-state index in [9.17, 15) is 9.59 Å². The first kappa shape index (κ1) is 18.7. The van der Waals surface area contributed by atoms with Crippen molar-refractivity contribution >= 4 is 11.9 Å². The summed E-state index contributed by atoms with van der Waals surface area (Å²) in [5, 5.41) is 8.83. The van der Waals surface area contributed by atoms with E-state index in [-0.39, 0.29) is 31.2 Å². The molecule has 0 saturated heterocycles. The highest BCUT2D eigenvalue weighted by Crippen LogP contribution is 2.20. The molecule has 25 heavy (non-hydrogen) atoms. The van der Waals surface area contributed by atoms with Gasteiger partial charge in [-0.3, -0.25) is 9.59 Å². The van der Waals surface area contributed by atoms with Gasteiger partial charge < -0.3 is 14.4 Å². The Bertz CT molecular complexity index is 694. The molecule has 2 rings (SSSR count). The summed E-state index contributed by atoms with van der Waals surface area (Å²) in [5.74, 6) is 0.489. The van der Waals surface area contributed by atoms with Crippen molar-refractivity contribution in [3.8, 4) is 11.3 Å². The van der Waals surface area contributed by atoms with Crippen molar-refractivity contribution in [1.29, 1.82) is 0 Å². The number of carboxylic acid groups (broad SMARTS) is 1. The van der Waals surface area contributed by atoms with E-state index in [4.69, 9.17) is 9.52 Å². The highest BCUT2D eigenvalue weighted by molar-refractivity contribution is 5.77. The lowest BCUT2D eigenvalue weighted by molar-refractivity contribution is -0.138. The molecule has 0 radical (unpaired) electrons. The van der Waals surface area contributed by atoms with Gasteiger partial charge in [0.15, 0.2) is 11.7 Å². The molecule has 0 saturated carbocycles. The second-order valence-electron chi connectivity index (χ2n) is 6.36. The maximum absolute atomic E-state index is 12.4. The molecule has 1 aromatic heterocycles. The Morgan fingerprint density at radius 2 is 1.92 bits per heavy atom. The van der Waals surface area contributed by atoms with Gasteiger partial charge >= 0.3 is 5.97 Å². The number of aromatic nitrogens is 1. The Kier molecular flexibility index (Phi) is 6.74. The first-order valence-electron chi connectivity index (χ1n) is 8.45.